The lowest BCUT2D eigenvalue weighted by Crippen LogP contribution is -2.14. The molecule has 1 atom stereocenters. The maximum atomic E-state index is 11.2. The number of ether oxygens (including phenoxy) is 1. The summed E-state index contributed by atoms with van der Waals surface area (Å²) >= 11 is 0. The molecule has 0 aromatic heterocycles. The zero-order chi connectivity index (χ0) is 12.4. The molecule has 3 nitrogen and oxygen atoms in total. The highest BCUT2D eigenvalue weighted by molar-refractivity contribution is 5.87. The first-order chi connectivity index (χ1) is 7.61. The van der Waals surface area contributed by atoms with Crippen LogP contribution in [0.15, 0.2) is 37.0 Å². The van der Waals surface area contributed by atoms with Crippen molar-refractivity contribution < 1.29 is 14.6 Å². The van der Waals surface area contributed by atoms with Gasteiger partial charge in [-0.2, -0.15) is 0 Å². The number of esters is 1. The molecule has 90 valence electrons. The van der Waals surface area contributed by atoms with Gasteiger partial charge in [0, 0.05) is 12.0 Å². The van der Waals surface area contributed by atoms with Crippen LogP contribution in [0.4, 0.5) is 0 Å². The molecule has 3 heteroatoms. The van der Waals surface area contributed by atoms with E-state index in [0.717, 1.165) is 6.42 Å². The van der Waals surface area contributed by atoms with Crippen molar-refractivity contribution in [2.24, 2.45) is 0 Å². The van der Waals surface area contributed by atoms with Gasteiger partial charge in [-0.05, 0) is 19.8 Å². The van der Waals surface area contributed by atoms with Gasteiger partial charge in [0.2, 0.25) is 0 Å². The van der Waals surface area contributed by atoms with Crippen LogP contribution in [0.1, 0.15) is 26.2 Å². The first-order valence-electron chi connectivity index (χ1n) is 5.42. The lowest BCUT2D eigenvalue weighted by Gasteiger charge is -2.10. The molecule has 1 N–H and O–H groups in total. The molecule has 0 aliphatic heterocycles. The van der Waals surface area contributed by atoms with Gasteiger partial charge in [0.25, 0.3) is 0 Å². The fourth-order valence-corrected chi connectivity index (χ4v) is 1.18. The van der Waals surface area contributed by atoms with Crippen molar-refractivity contribution in [1.82, 2.24) is 0 Å². The number of rotatable bonds is 8. The molecule has 0 aliphatic rings. The van der Waals surface area contributed by atoms with Crippen LogP contribution in [0.2, 0.25) is 0 Å². The maximum Gasteiger partial charge on any atom is 0.333 e. The summed E-state index contributed by atoms with van der Waals surface area (Å²) in [7, 11) is 0. The molecule has 0 aromatic rings. The Morgan fingerprint density at radius 3 is 2.81 bits per heavy atom. The molecule has 0 radical (unpaired) electrons. The van der Waals surface area contributed by atoms with Gasteiger partial charge in [-0.3, -0.25) is 0 Å². The van der Waals surface area contributed by atoms with E-state index >= 15 is 0 Å². The molecule has 0 unspecified atom stereocenters. The Labute approximate surface area is 97.1 Å². The molecular weight excluding hydrogens is 204 g/mol. The third-order valence-electron chi connectivity index (χ3n) is 1.98. The van der Waals surface area contributed by atoms with Gasteiger partial charge >= 0.3 is 5.97 Å². The minimum atomic E-state index is -0.550. The Bertz CT molecular complexity index is 266. The Morgan fingerprint density at radius 1 is 1.56 bits per heavy atom. The van der Waals surface area contributed by atoms with Crippen molar-refractivity contribution in [1.29, 1.82) is 0 Å². The largest absolute Gasteiger partial charge is 0.463 e. The average Bonchev–Trinajstić information content (AvgIpc) is 2.24. The topological polar surface area (TPSA) is 46.5 Å². The van der Waals surface area contributed by atoms with Crippen LogP contribution < -0.4 is 0 Å². The number of hydrogen-bond donors (Lipinski definition) is 1. The summed E-state index contributed by atoms with van der Waals surface area (Å²) in [5.41, 5.74) is 0.321. The monoisotopic (exact) mass is 224 g/mol. The van der Waals surface area contributed by atoms with Gasteiger partial charge in [-0.25, -0.2) is 4.79 Å². The molecule has 0 saturated carbocycles. The normalized spacial score (nSPS) is 12.4. The van der Waals surface area contributed by atoms with Crippen LogP contribution in [0.3, 0.4) is 0 Å². The van der Waals surface area contributed by atoms with Crippen LogP contribution in [-0.2, 0) is 9.53 Å². The maximum absolute atomic E-state index is 11.2. The number of carbonyl (C=O) groups is 1. The highest BCUT2D eigenvalue weighted by Crippen LogP contribution is 2.10. The number of carbonyl (C=O) groups excluding carboxylic acids is 1. The average molecular weight is 224 g/mol. The SMILES string of the molecule is C=C/C=C/CC[C@@H](O)CC(=C)C(=O)OCC. The van der Waals surface area contributed by atoms with Gasteiger partial charge in [-0.15, -0.1) is 0 Å². The van der Waals surface area contributed by atoms with Gasteiger partial charge in [-0.1, -0.05) is 31.4 Å². The third kappa shape index (κ3) is 7.01. The first kappa shape index (κ1) is 14.6. The zero-order valence-corrected chi connectivity index (χ0v) is 9.82. The van der Waals surface area contributed by atoms with Crippen molar-refractivity contribution in [3.63, 3.8) is 0 Å². The molecule has 0 heterocycles. The van der Waals surface area contributed by atoms with Gasteiger partial charge in [0.15, 0.2) is 0 Å². The molecule has 0 aromatic carbocycles. The second kappa shape index (κ2) is 8.92. The molecule has 0 spiro atoms. The summed E-state index contributed by atoms with van der Waals surface area (Å²) in [6, 6.07) is 0. The van der Waals surface area contributed by atoms with E-state index in [9.17, 15) is 9.90 Å². The highest BCUT2D eigenvalue weighted by atomic mass is 16.5. The molecule has 0 amide bonds. The molecule has 0 saturated heterocycles. The van der Waals surface area contributed by atoms with Gasteiger partial charge in [0.05, 0.1) is 12.7 Å². The predicted octanol–water partition coefficient (Wildman–Crippen LogP) is 2.38. The van der Waals surface area contributed by atoms with Crippen LogP contribution in [0, 0.1) is 0 Å². The van der Waals surface area contributed by atoms with Crippen LogP contribution in [-0.4, -0.2) is 23.8 Å². The lowest BCUT2D eigenvalue weighted by molar-refractivity contribution is -0.138. The Kier molecular flexibility index (Phi) is 8.17. The molecule has 0 bridgehead atoms. The smallest absolute Gasteiger partial charge is 0.333 e. The Balaban J connectivity index is 3.81. The molecule has 0 aliphatic carbocycles. The van der Waals surface area contributed by atoms with Gasteiger partial charge < -0.3 is 9.84 Å². The number of hydrogen-bond acceptors (Lipinski definition) is 3. The van der Waals surface area contributed by atoms with Crippen LogP contribution in [0.5, 0.6) is 0 Å². The second-order valence-electron chi connectivity index (χ2n) is 3.42. The van der Waals surface area contributed by atoms with Crippen molar-refractivity contribution in [2.75, 3.05) is 6.61 Å². The van der Waals surface area contributed by atoms with E-state index in [1.165, 1.54) is 0 Å². The van der Waals surface area contributed by atoms with E-state index in [4.69, 9.17) is 4.74 Å². The van der Waals surface area contributed by atoms with E-state index in [1.807, 2.05) is 12.2 Å². The summed E-state index contributed by atoms with van der Waals surface area (Å²) < 4.78 is 4.77. The summed E-state index contributed by atoms with van der Waals surface area (Å²) in [6.45, 7) is 9.20. The summed E-state index contributed by atoms with van der Waals surface area (Å²) in [4.78, 5) is 11.2. The summed E-state index contributed by atoms with van der Waals surface area (Å²) in [5, 5.41) is 9.61. The van der Waals surface area contributed by atoms with E-state index in [0.29, 0.717) is 18.6 Å². The van der Waals surface area contributed by atoms with Crippen molar-refractivity contribution >= 4 is 5.97 Å². The molecule has 0 rings (SSSR count). The van der Waals surface area contributed by atoms with Gasteiger partial charge in [0.1, 0.15) is 0 Å². The summed E-state index contributed by atoms with van der Waals surface area (Å²) in [6.07, 6.45) is 6.50. The fourth-order valence-electron chi connectivity index (χ4n) is 1.18. The first-order valence-corrected chi connectivity index (χ1v) is 5.42. The minimum Gasteiger partial charge on any atom is -0.463 e. The molecular formula is C13H20O3. The summed E-state index contributed by atoms with van der Waals surface area (Å²) in [5.74, 6) is -0.428. The fraction of sp³-hybridized carbons (Fsp3) is 0.462. The van der Waals surface area contributed by atoms with E-state index in [2.05, 4.69) is 13.2 Å². The van der Waals surface area contributed by atoms with Crippen LogP contribution in [0.25, 0.3) is 0 Å². The Hall–Kier alpha value is -1.35. The Morgan fingerprint density at radius 2 is 2.25 bits per heavy atom. The van der Waals surface area contributed by atoms with E-state index in [-0.39, 0.29) is 6.42 Å². The highest BCUT2D eigenvalue weighted by Gasteiger charge is 2.12. The quantitative estimate of drug-likeness (QED) is 0.391. The van der Waals surface area contributed by atoms with Crippen molar-refractivity contribution in [3.8, 4) is 0 Å². The third-order valence-corrected chi connectivity index (χ3v) is 1.98. The zero-order valence-electron chi connectivity index (χ0n) is 9.82. The molecule has 16 heavy (non-hydrogen) atoms. The number of aliphatic hydroxyl groups excluding tert-OH is 1. The standard InChI is InChI=1S/C13H20O3/c1-4-6-7-8-9-12(14)10-11(3)13(15)16-5-2/h4,6-7,12,14H,1,3,5,8-10H2,2H3/b7-6+/t12-/m1/s1. The minimum absolute atomic E-state index is 0.265. The van der Waals surface area contributed by atoms with Crippen molar-refractivity contribution in [2.45, 2.75) is 32.3 Å². The number of allylic oxidation sites excluding steroid dienone is 3. The lowest BCUT2D eigenvalue weighted by atomic mass is 10.1. The number of aliphatic hydroxyl groups is 1. The van der Waals surface area contributed by atoms with Crippen LogP contribution >= 0.6 is 0 Å². The van der Waals surface area contributed by atoms with E-state index in [1.54, 1.807) is 13.0 Å². The predicted molar refractivity (Wildman–Crippen MR) is 65.0 cm³/mol. The van der Waals surface area contributed by atoms with Crippen molar-refractivity contribution in [3.05, 3.63) is 37.0 Å². The second-order valence-corrected chi connectivity index (χ2v) is 3.42. The molecule has 0 fully saturated rings. The van der Waals surface area contributed by atoms with E-state index < -0.39 is 12.1 Å².